The van der Waals surface area contributed by atoms with Gasteiger partial charge in [0.25, 0.3) is 0 Å². The highest BCUT2D eigenvalue weighted by Crippen LogP contribution is 1.88. The van der Waals surface area contributed by atoms with Crippen molar-refractivity contribution < 1.29 is 4.84 Å². The molecule has 1 aliphatic rings. The van der Waals surface area contributed by atoms with E-state index >= 15 is 0 Å². The lowest BCUT2D eigenvalue weighted by Gasteiger charge is -2.08. The highest BCUT2D eigenvalue weighted by molar-refractivity contribution is 4.73. The molecule has 0 aliphatic carbocycles. The highest BCUT2D eigenvalue weighted by Gasteiger charge is 1.97. The molecule has 0 unspecified atom stereocenters. The molecule has 0 atom stereocenters. The molecule has 0 amide bonds. The lowest BCUT2D eigenvalue weighted by atomic mass is 10.9. The SMILES string of the molecule is NCN1C=CON1. The van der Waals surface area contributed by atoms with Gasteiger partial charge in [0.05, 0.1) is 12.9 Å². The molecule has 0 saturated heterocycles. The summed E-state index contributed by atoms with van der Waals surface area (Å²) in [6.07, 6.45) is 3.23. The van der Waals surface area contributed by atoms with Crippen LogP contribution < -0.4 is 11.3 Å². The second kappa shape index (κ2) is 1.81. The molecule has 0 fully saturated rings. The fraction of sp³-hybridized carbons (Fsp3) is 0.333. The predicted molar refractivity (Wildman–Crippen MR) is 24.3 cm³/mol. The zero-order valence-electron chi connectivity index (χ0n) is 3.79. The third kappa shape index (κ3) is 0.819. The zero-order valence-corrected chi connectivity index (χ0v) is 3.79. The van der Waals surface area contributed by atoms with E-state index in [2.05, 4.69) is 10.4 Å². The zero-order chi connectivity index (χ0) is 5.11. The van der Waals surface area contributed by atoms with Crippen LogP contribution in [0, 0.1) is 0 Å². The largest absolute Gasteiger partial charge is 0.395 e. The Labute approximate surface area is 41.5 Å². The first kappa shape index (κ1) is 4.42. The third-order valence-electron chi connectivity index (χ3n) is 0.675. The van der Waals surface area contributed by atoms with Gasteiger partial charge < -0.3 is 10.6 Å². The van der Waals surface area contributed by atoms with Gasteiger partial charge in [-0.2, -0.15) is 0 Å². The van der Waals surface area contributed by atoms with Crippen LogP contribution in [0.15, 0.2) is 12.5 Å². The molecule has 7 heavy (non-hydrogen) atoms. The van der Waals surface area contributed by atoms with Crippen molar-refractivity contribution in [2.75, 3.05) is 6.67 Å². The lowest BCUT2D eigenvalue weighted by molar-refractivity contribution is 0.0377. The second-order valence-electron chi connectivity index (χ2n) is 1.15. The average molecular weight is 101 g/mol. The molecule has 0 aromatic rings. The van der Waals surface area contributed by atoms with E-state index < -0.39 is 0 Å². The molecular formula is C3H7N3O. The molecule has 1 aliphatic heterocycles. The summed E-state index contributed by atoms with van der Waals surface area (Å²) in [6.45, 7) is 0.427. The van der Waals surface area contributed by atoms with E-state index in [0.717, 1.165) is 0 Å². The molecular weight excluding hydrogens is 94.1 g/mol. The van der Waals surface area contributed by atoms with E-state index in [1.165, 1.54) is 6.26 Å². The van der Waals surface area contributed by atoms with Gasteiger partial charge in [-0.15, -0.1) is 0 Å². The van der Waals surface area contributed by atoms with Crippen molar-refractivity contribution in [3.63, 3.8) is 0 Å². The molecule has 0 aromatic carbocycles. The summed E-state index contributed by atoms with van der Waals surface area (Å²) < 4.78 is 0. The van der Waals surface area contributed by atoms with Gasteiger partial charge >= 0.3 is 0 Å². The number of nitrogens with two attached hydrogens (primary N) is 1. The standard InChI is InChI=1S/C3H7N3O/c4-3-6-1-2-7-5-6/h1-2,5H,3-4H2. The summed E-state index contributed by atoms with van der Waals surface area (Å²) in [5.41, 5.74) is 7.67. The normalized spacial score (nSPS) is 17.6. The molecule has 0 bridgehead atoms. The van der Waals surface area contributed by atoms with E-state index in [0.29, 0.717) is 6.67 Å². The molecule has 40 valence electrons. The molecule has 4 nitrogen and oxygen atoms in total. The minimum Gasteiger partial charge on any atom is -0.395 e. The van der Waals surface area contributed by atoms with Gasteiger partial charge in [-0.25, -0.2) is 0 Å². The highest BCUT2D eigenvalue weighted by atomic mass is 16.7. The number of rotatable bonds is 1. The Kier molecular flexibility index (Phi) is 1.14. The molecule has 4 heteroatoms. The Morgan fingerprint density at radius 3 is 3.00 bits per heavy atom. The Bertz CT molecular complexity index is 82.2. The average Bonchev–Trinajstić information content (AvgIpc) is 2.14. The van der Waals surface area contributed by atoms with Gasteiger partial charge in [0.2, 0.25) is 0 Å². The second-order valence-corrected chi connectivity index (χ2v) is 1.15. The number of hydrogen-bond acceptors (Lipinski definition) is 4. The fourth-order valence-corrected chi connectivity index (χ4v) is 0.331. The van der Waals surface area contributed by atoms with Crippen LogP contribution in [0.25, 0.3) is 0 Å². The van der Waals surface area contributed by atoms with Gasteiger partial charge in [0.15, 0.2) is 0 Å². The van der Waals surface area contributed by atoms with Crippen LogP contribution in [0.1, 0.15) is 0 Å². The number of nitrogens with zero attached hydrogens (tertiary/aromatic N) is 1. The van der Waals surface area contributed by atoms with Gasteiger partial charge in [-0.3, -0.25) is 5.01 Å². The van der Waals surface area contributed by atoms with Crippen molar-refractivity contribution in [2.45, 2.75) is 0 Å². The summed E-state index contributed by atoms with van der Waals surface area (Å²) >= 11 is 0. The Balaban J connectivity index is 2.28. The Hall–Kier alpha value is -0.740. The van der Waals surface area contributed by atoms with Crippen molar-refractivity contribution >= 4 is 0 Å². The van der Waals surface area contributed by atoms with Crippen molar-refractivity contribution in [1.82, 2.24) is 10.6 Å². The van der Waals surface area contributed by atoms with Crippen LogP contribution in [-0.2, 0) is 4.84 Å². The molecule has 0 radical (unpaired) electrons. The summed E-state index contributed by atoms with van der Waals surface area (Å²) in [7, 11) is 0. The fourth-order valence-electron chi connectivity index (χ4n) is 0.331. The molecule has 3 N–H and O–H groups in total. The summed E-state index contributed by atoms with van der Waals surface area (Å²) in [6, 6.07) is 0. The minimum absolute atomic E-state index is 0.427. The molecule has 0 saturated carbocycles. The Morgan fingerprint density at radius 1 is 1.86 bits per heavy atom. The maximum absolute atomic E-state index is 5.17. The van der Waals surface area contributed by atoms with Gasteiger partial charge in [-0.05, 0) is 0 Å². The van der Waals surface area contributed by atoms with Gasteiger partial charge in [-0.1, -0.05) is 5.59 Å². The molecule has 0 spiro atoms. The van der Waals surface area contributed by atoms with Gasteiger partial charge in [0.1, 0.15) is 6.26 Å². The van der Waals surface area contributed by atoms with E-state index in [1.54, 1.807) is 11.2 Å². The molecule has 1 rings (SSSR count). The van der Waals surface area contributed by atoms with Crippen LogP contribution in [0.3, 0.4) is 0 Å². The molecule has 1 heterocycles. The monoisotopic (exact) mass is 101 g/mol. The number of hydrogen-bond donors (Lipinski definition) is 2. The smallest absolute Gasteiger partial charge is 0.131 e. The minimum atomic E-state index is 0.427. The van der Waals surface area contributed by atoms with Crippen LogP contribution in [0.4, 0.5) is 0 Å². The number of nitrogens with one attached hydrogen (secondary N) is 1. The van der Waals surface area contributed by atoms with E-state index in [9.17, 15) is 0 Å². The van der Waals surface area contributed by atoms with Crippen molar-refractivity contribution in [1.29, 1.82) is 0 Å². The van der Waals surface area contributed by atoms with Crippen LogP contribution in [0.5, 0.6) is 0 Å². The summed E-state index contributed by atoms with van der Waals surface area (Å²) in [5, 5.41) is 1.61. The maximum atomic E-state index is 5.17. The van der Waals surface area contributed by atoms with E-state index in [-0.39, 0.29) is 0 Å². The van der Waals surface area contributed by atoms with Crippen molar-refractivity contribution in [2.24, 2.45) is 5.73 Å². The summed E-state index contributed by atoms with van der Waals surface area (Å²) in [5.74, 6) is 0. The van der Waals surface area contributed by atoms with Crippen LogP contribution in [-0.4, -0.2) is 11.7 Å². The topological polar surface area (TPSA) is 50.5 Å². The first-order valence-corrected chi connectivity index (χ1v) is 1.98. The third-order valence-corrected chi connectivity index (χ3v) is 0.675. The summed E-state index contributed by atoms with van der Waals surface area (Å²) in [4.78, 5) is 4.56. The lowest BCUT2D eigenvalue weighted by Crippen LogP contribution is -2.32. The predicted octanol–water partition coefficient (Wildman–Crippen LogP) is -0.874. The maximum Gasteiger partial charge on any atom is 0.131 e. The quantitative estimate of drug-likeness (QED) is 0.450. The number of hydrazine groups is 1. The van der Waals surface area contributed by atoms with Crippen LogP contribution >= 0.6 is 0 Å². The van der Waals surface area contributed by atoms with Crippen molar-refractivity contribution in [3.8, 4) is 0 Å². The van der Waals surface area contributed by atoms with Crippen LogP contribution in [0.2, 0.25) is 0 Å². The van der Waals surface area contributed by atoms with E-state index in [1.807, 2.05) is 0 Å². The first-order valence-electron chi connectivity index (χ1n) is 1.98. The first-order chi connectivity index (χ1) is 3.43. The van der Waals surface area contributed by atoms with E-state index in [4.69, 9.17) is 5.73 Å². The Morgan fingerprint density at radius 2 is 2.71 bits per heavy atom. The van der Waals surface area contributed by atoms with Gasteiger partial charge in [0, 0.05) is 0 Å². The molecule has 0 aromatic heterocycles. The van der Waals surface area contributed by atoms with Crippen molar-refractivity contribution in [3.05, 3.63) is 12.5 Å².